The zero-order valence-corrected chi connectivity index (χ0v) is 16.0. The van der Waals surface area contributed by atoms with Crippen LogP contribution in [0, 0.1) is 0 Å². The number of hydroxylamine groups is 2. The summed E-state index contributed by atoms with van der Waals surface area (Å²) in [4.78, 5) is 28.5. The van der Waals surface area contributed by atoms with E-state index in [-0.39, 0.29) is 0 Å². The molecule has 0 aliphatic carbocycles. The number of likely N-dealkylation sites (N-methyl/N-ethyl adjacent to an activating group) is 1. The predicted octanol–water partition coefficient (Wildman–Crippen LogP) is 2.84. The van der Waals surface area contributed by atoms with Gasteiger partial charge in [0.25, 0.3) is 0 Å². The normalized spacial score (nSPS) is 14.2. The van der Waals surface area contributed by atoms with Crippen LogP contribution in [0.1, 0.15) is 5.56 Å². The van der Waals surface area contributed by atoms with E-state index in [1.54, 1.807) is 18.8 Å². The van der Waals surface area contributed by atoms with Crippen molar-refractivity contribution in [3.8, 4) is 0 Å². The largest absolute Gasteiger partial charge is 0.360 e. The van der Waals surface area contributed by atoms with E-state index < -0.39 is 0 Å². The van der Waals surface area contributed by atoms with E-state index in [9.17, 15) is 9.59 Å². The highest BCUT2D eigenvalue weighted by Crippen LogP contribution is 2.14. The Bertz CT molecular complexity index is 618. The number of hydrogen-bond acceptors (Lipinski definition) is 6. The van der Waals surface area contributed by atoms with Gasteiger partial charge in [0.05, 0.1) is 6.61 Å². The van der Waals surface area contributed by atoms with Crippen molar-refractivity contribution in [2.24, 2.45) is 0 Å². The summed E-state index contributed by atoms with van der Waals surface area (Å²) in [6, 6.07) is 9.63. The maximum Gasteiger partial charge on any atom is 0.168 e. The van der Waals surface area contributed by atoms with Gasteiger partial charge in [-0.3, -0.25) is 19.5 Å². The summed E-state index contributed by atoms with van der Waals surface area (Å²) in [6.45, 7) is 1.50. The summed E-state index contributed by atoms with van der Waals surface area (Å²) in [5, 5.41) is 1.37. The fourth-order valence-corrected chi connectivity index (χ4v) is 2.90. The first-order valence-corrected chi connectivity index (χ1v) is 9.03. The van der Waals surface area contributed by atoms with Crippen LogP contribution < -0.4 is 0 Å². The summed E-state index contributed by atoms with van der Waals surface area (Å²) < 4.78 is 1.04. The second-order valence-corrected chi connectivity index (χ2v) is 6.75. The molecule has 0 unspecified atom stereocenters. The van der Waals surface area contributed by atoms with Crippen molar-refractivity contribution in [1.82, 2.24) is 9.96 Å². The molecule has 0 saturated carbocycles. The minimum atomic E-state index is 0.337. The fourth-order valence-electron chi connectivity index (χ4n) is 1.71. The standard InChI is InChI=1S/C14H15NO3.C4H7NS2/c1-15(14(11-17)9-5-6-10-16)18-12-13-7-3-2-4-8-13;1-5-2-3-7-4(5)6/h2-11H,12H2,1H3;2-3H2,1H3/b6-5-,14-9-;. The molecule has 0 N–H and O–H groups in total. The first-order chi connectivity index (χ1) is 12.1. The van der Waals surface area contributed by atoms with Crippen molar-refractivity contribution in [3.05, 3.63) is 59.8 Å². The number of thiocarbonyl (C=S) groups is 1. The van der Waals surface area contributed by atoms with Crippen LogP contribution >= 0.6 is 24.0 Å². The molecule has 1 heterocycles. The average molecular weight is 379 g/mol. The van der Waals surface area contributed by atoms with Gasteiger partial charge in [-0.25, -0.2) is 0 Å². The summed E-state index contributed by atoms with van der Waals surface area (Å²) >= 11 is 6.69. The molecule has 0 bridgehead atoms. The van der Waals surface area contributed by atoms with Crippen LogP contribution in [-0.4, -0.2) is 53.2 Å². The van der Waals surface area contributed by atoms with E-state index in [1.807, 2.05) is 37.4 Å². The van der Waals surface area contributed by atoms with Gasteiger partial charge >= 0.3 is 0 Å². The average Bonchev–Trinajstić information content (AvgIpc) is 3.01. The summed E-state index contributed by atoms with van der Waals surface area (Å²) in [7, 11) is 3.67. The van der Waals surface area contributed by atoms with Gasteiger partial charge in [-0.15, -0.1) is 0 Å². The molecule has 1 aromatic carbocycles. The minimum Gasteiger partial charge on any atom is -0.360 e. The van der Waals surface area contributed by atoms with E-state index in [0.717, 1.165) is 16.4 Å². The highest BCUT2D eigenvalue weighted by molar-refractivity contribution is 8.23. The summed E-state index contributed by atoms with van der Waals surface area (Å²) in [5.74, 6) is 1.18. The number of aldehydes is 2. The Morgan fingerprint density at radius 2 is 2.04 bits per heavy atom. The lowest BCUT2D eigenvalue weighted by Crippen LogP contribution is -2.19. The maximum absolute atomic E-state index is 10.8. The second kappa shape index (κ2) is 12.4. The molecule has 0 atom stereocenters. The van der Waals surface area contributed by atoms with Gasteiger partial charge in [-0.05, 0) is 17.7 Å². The lowest BCUT2D eigenvalue weighted by molar-refractivity contribution is -0.134. The van der Waals surface area contributed by atoms with E-state index in [2.05, 4.69) is 4.90 Å². The summed E-state index contributed by atoms with van der Waals surface area (Å²) in [5.41, 5.74) is 1.35. The Kier molecular flexibility index (Phi) is 10.5. The third-order valence-corrected chi connectivity index (χ3v) is 4.78. The van der Waals surface area contributed by atoms with Crippen LogP contribution in [0.2, 0.25) is 0 Å². The van der Waals surface area contributed by atoms with E-state index in [0.29, 0.717) is 24.9 Å². The Balaban J connectivity index is 0.000000370. The molecule has 0 spiro atoms. The Morgan fingerprint density at radius 3 is 2.52 bits per heavy atom. The lowest BCUT2D eigenvalue weighted by atomic mass is 10.2. The Labute approximate surface area is 158 Å². The van der Waals surface area contributed by atoms with Crippen LogP contribution in [0.3, 0.4) is 0 Å². The zero-order valence-electron chi connectivity index (χ0n) is 14.3. The number of carbonyl (C=O) groups excluding carboxylic acids is 2. The third kappa shape index (κ3) is 8.62. The number of carbonyl (C=O) groups is 2. The van der Waals surface area contributed by atoms with Gasteiger partial charge in [0.15, 0.2) is 6.29 Å². The second-order valence-electron chi connectivity index (χ2n) is 5.02. The number of benzene rings is 1. The highest BCUT2D eigenvalue weighted by Gasteiger charge is 2.10. The van der Waals surface area contributed by atoms with Gasteiger partial charge in [0.1, 0.15) is 16.3 Å². The zero-order chi connectivity index (χ0) is 18.5. The van der Waals surface area contributed by atoms with Crippen molar-refractivity contribution in [1.29, 1.82) is 0 Å². The smallest absolute Gasteiger partial charge is 0.168 e. The molecule has 1 saturated heterocycles. The number of hydrogen-bond donors (Lipinski definition) is 0. The molecule has 134 valence electrons. The number of allylic oxidation sites excluding steroid dienone is 4. The molecule has 1 fully saturated rings. The molecule has 0 radical (unpaired) electrons. The van der Waals surface area contributed by atoms with Gasteiger partial charge in [0, 0.05) is 26.4 Å². The van der Waals surface area contributed by atoms with Gasteiger partial charge in [-0.2, -0.15) is 0 Å². The van der Waals surface area contributed by atoms with E-state index in [1.165, 1.54) is 29.0 Å². The molecule has 1 aliphatic rings. The first-order valence-electron chi connectivity index (χ1n) is 7.64. The van der Waals surface area contributed by atoms with Crippen molar-refractivity contribution in [2.45, 2.75) is 6.61 Å². The molecule has 7 heteroatoms. The fraction of sp³-hybridized carbons (Fsp3) is 0.278. The first kappa shape index (κ1) is 21.1. The number of rotatable bonds is 7. The topological polar surface area (TPSA) is 49.9 Å². The highest BCUT2D eigenvalue weighted by atomic mass is 32.2. The van der Waals surface area contributed by atoms with Gasteiger partial charge in [-0.1, -0.05) is 60.4 Å². The molecule has 2 rings (SSSR count). The van der Waals surface area contributed by atoms with E-state index >= 15 is 0 Å². The SMILES string of the molecule is CN(OCc1ccccc1)/C(C=O)=C\C=C/C=O.CN1CCSC1=S. The van der Waals surface area contributed by atoms with Gasteiger partial charge < -0.3 is 4.90 Å². The van der Waals surface area contributed by atoms with Crippen molar-refractivity contribution >= 4 is 40.9 Å². The van der Waals surface area contributed by atoms with Crippen LogP contribution in [0.5, 0.6) is 0 Å². The monoisotopic (exact) mass is 378 g/mol. The predicted molar refractivity (Wildman–Crippen MR) is 106 cm³/mol. The van der Waals surface area contributed by atoms with Gasteiger partial charge in [0.2, 0.25) is 0 Å². The molecule has 0 aromatic heterocycles. The van der Waals surface area contributed by atoms with Crippen molar-refractivity contribution < 1.29 is 14.4 Å². The lowest BCUT2D eigenvalue weighted by Gasteiger charge is -2.17. The number of thioether (sulfide) groups is 1. The van der Waals surface area contributed by atoms with Crippen molar-refractivity contribution in [2.75, 3.05) is 26.4 Å². The van der Waals surface area contributed by atoms with Crippen LogP contribution in [0.4, 0.5) is 0 Å². The molecular formula is C18H22N2O3S2. The quantitative estimate of drug-likeness (QED) is 0.238. The summed E-state index contributed by atoms with van der Waals surface area (Å²) in [6.07, 6.45) is 5.60. The molecule has 25 heavy (non-hydrogen) atoms. The Morgan fingerprint density at radius 1 is 1.32 bits per heavy atom. The van der Waals surface area contributed by atoms with Crippen LogP contribution in [-0.2, 0) is 21.0 Å². The molecule has 0 amide bonds. The minimum absolute atomic E-state index is 0.337. The molecular weight excluding hydrogens is 356 g/mol. The van der Waals surface area contributed by atoms with Crippen LogP contribution in [0.25, 0.3) is 0 Å². The van der Waals surface area contributed by atoms with Crippen molar-refractivity contribution in [3.63, 3.8) is 0 Å². The number of nitrogens with zero attached hydrogens (tertiary/aromatic N) is 2. The third-order valence-electron chi connectivity index (χ3n) is 3.17. The van der Waals surface area contributed by atoms with E-state index in [4.69, 9.17) is 17.1 Å². The molecule has 1 aromatic rings. The Hall–Kier alpha value is -1.96. The molecule has 5 nitrogen and oxygen atoms in total. The maximum atomic E-state index is 10.8. The van der Waals surface area contributed by atoms with Crippen LogP contribution in [0.15, 0.2) is 54.3 Å². The molecule has 1 aliphatic heterocycles.